The van der Waals surface area contributed by atoms with Gasteiger partial charge in [-0.3, -0.25) is 9.59 Å². The van der Waals surface area contributed by atoms with Gasteiger partial charge in [-0.25, -0.2) is 0 Å². The van der Waals surface area contributed by atoms with Crippen molar-refractivity contribution in [2.24, 2.45) is 0 Å². The Morgan fingerprint density at radius 2 is 1.36 bits per heavy atom. The molecule has 25 heavy (non-hydrogen) atoms. The molecule has 0 aliphatic heterocycles. The molecule has 0 radical (unpaired) electrons. The number of rotatable bonds is 5. The largest absolute Gasteiger partial charge is 0.318 e. The van der Waals surface area contributed by atoms with Gasteiger partial charge in [0, 0.05) is 11.4 Å². The second kappa shape index (κ2) is 8.47. The van der Waals surface area contributed by atoms with Crippen LogP contribution in [-0.4, -0.2) is 11.8 Å². The third-order valence-corrected chi connectivity index (χ3v) is 4.28. The van der Waals surface area contributed by atoms with E-state index in [9.17, 15) is 9.59 Å². The normalized spacial score (nSPS) is 10.6. The van der Waals surface area contributed by atoms with Gasteiger partial charge in [0.1, 0.15) is 0 Å². The molecule has 0 heterocycles. The molecule has 2 rings (SSSR count). The van der Waals surface area contributed by atoms with Gasteiger partial charge in [0.05, 0.1) is 0 Å². The van der Waals surface area contributed by atoms with E-state index >= 15 is 0 Å². The third kappa shape index (κ3) is 4.69. The van der Waals surface area contributed by atoms with Crippen LogP contribution in [0.5, 0.6) is 0 Å². The molecule has 4 nitrogen and oxygen atoms in total. The van der Waals surface area contributed by atoms with E-state index < -0.39 is 11.8 Å². The average molecular weight is 338 g/mol. The Hall–Kier alpha value is -2.62. The smallest absolute Gasteiger partial charge is 0.314 e. The first-order valence-corrected chi connectivity index (χ1v) is 8.79. The summed E-state index contributed by atoms with van der Waals surface area (Å²) in [7, 11) is 0. The summed E-state index contributed by atoms with van der Waals surface area (Å²) < 4.78 is 0. The zero-order valence-corrected chi connectivity index (χ0v) is 15.3. The minimum atomic E-state index is -0.662. The Labute approximate surface area is 149 Å². The summed E-state index contributed by atoms with van der Waals surface area (Å²) in [6, 6.07) is 13.5. The van der Waals surface area contributed by atoms with E-state index in [-0.39, 0.29) is 0 Å². The highest BCUT2D eigenvalue weighted by atomic mass is 16.2. The van der Waals surface area contributed by atoms with Crippen molar-refractivity contribution in [3.63, 3.8) is 0 Å². The van der Waals surface area contributed by atoms with Crippen molar-refractivity contribution in [3.05, 3.63) is 59.2 Å². The number of para-hydroxylation sites is 1. The summed E-state index contributed by atoms with van der Waals surface area (Å²) in [5.74, 6) is -0.889. The van der Waals surface area contributed by atoms with Crippen LogP contribution in [0.3, 0.4) is 0 Å². The van der Waals surface area contributed by atoms with Gasteiger partial charge in [-0.1, -0.05) is 58.0 Å². The number of aryl methyl sites for hydroxylation is 2. The standard InChI is InChI=1S/C21H26N2O2/c1-5-15-8-7-9-16(6-2)19(15)23-21(25)20(24)22-18-12-10-17(11-13-18)14(3)4/h7-14H,5-6H2,1-4H3,(H,22,24)(H,23,25). The van der Waals surface area contributed by atoms with Gasteiger partial charge in [0.2, 0.25) is 0 Å². The van der Waals surface area contributed by atoms with Crippen molar-refractivity contribution < 1.29 is 9.59 Å². The first kappa shape index (κ1) is 18.7. The SMILES string of the molecule is CCc1cccc(CC)c1NC(=O)C(=O)Nc1ccc(C(C)C)cc1. The first-order valence-electron chi connectivity index (χ1n) is 8.79. The van der Waals surface area contributed by atoms with E-state index in [4.69, 9.17) is 0 Å². The van der Waals surface area contributed by atoms with Crippen LogP contribution in [0.4, 0.5) is 11.4 Å². The van der Waals surface area contributed by atoms with Gasteiger partial charge in [-0.2, -0.15) is 0 Å². The van der Waals surface area contributed by atoms with Crippen LogP contribution in [0.2, 0.25) is 0 Å². The van der Waals surface area contributed by atoms with E-state index in [1.165, 1.54) is 5.56 Å². The van der Waals surface area contributed by atoms with Gasteiger partial charge in [0.15, 0.2) is 0 Å². The zero-order valence-electron chi connectivity index (χ0n) is 15.3. The van der Waals surface area contributed by atoms with Crippen LogP contribution in [0.1, 0.15) is 50.3 Å². The average Bonchev–Trinajstić information content (AvgIpc) is 2.62. The second-order valence-electron chi connectivity index (χ2n) is 6.34. The number of benzene rings is 2. The van der Waals surface area contributed by atoms with Crippen molar-refractivity contribution in [2.45, 2.75) is 46.5 Å². The fourth-order valence-electron chi connectivity index (χ4n) is 2.71. The van der Waals surface area contributed by atoms with Crippen LogP contribution in [0, 0.1) is 0 Å². The minimum Gasteiger partial charge on any atom is -0.318 e. The molecule has 0 aromatic heterocycles. The van der Waals surface area contributed by atoms with E-state index in [0.29, 0.717) is 11.6 Å². The van der Waals surface area contributed by atoms with Crippen molar-refractivity contribution in [2.75, 3.05) is 10.6 Å². The molecule has 0 spiro atoms. The highest BCUT2D eigenvalue weighted by Crippen LogP contribution is 2.23. The molecule has 0 aliphatic carbocycles. The zero-order chi connectivity index (χ0) is 18.4. The van der Waals surface area contributed by atoms with Crippen LogP contribution in [-0.2, 0) is 22.4 Å². The minimum absolute atomic E-state index is 0.422. The predicted molar refractivity (Wildman–Crippen MR) is 103 cm³/mol. The molecule has 0 saturated carbocycles. The van der Waals surface area contributed by atoms with Crippen molar-refractivity contribution in [1.29, 1.82) is 0 Å². The van der Waals surface area contributed by atoms with Gasteiger partial charge in [-0.05, 0) is 47.6 Å². The van der Waals surface area contributed by atoms with Crippen molar-refractivity contribution in [1.82, 2.24) is 0 Å². The van der Waals surface area contributed by atoms with Crippen molar-refractivity contribution >= 4 is 23.2 Å². The lowest BCUT2D eigenvalue weighted by molar-refractivity contribution is -0.133. The Balaban J connectivity index is 2.09. The summed E-state index contributed by atoms with van der Waals surface area (Å²) in [4.78, 5) is 24.5. The Bertz CT molecular complexity index is 727. The topological polar surface area (TPSA) is 58.2 Å². The lowest BCUT2D eigenvalue weighted by Crippen LogP contribution is -2.29. The molecule has 0 aliphatic rings. The molecule has 4 heteroatoms. The molecule has 2 aromatic rings. The molecule has 2 amide bonds. The van der Waals surface area contributed by atoms with E-state index in [2.05, 4.69) is 24.5 Å². The molecule has 0 unspecified atom stereocenters. The fraction of sp³-hybridized carbons (Fsp3) is 0.333. The first-order chi connectivity index (χ1) is 12.0. The second-order valence-corrected chi connectivity index (χ2v) is 6.34. The fourth-order valence-corrected chi connectivity index (χ4v) is 2.71. The van der Waals surface area contributed by atoms with Crippen LogP contribution < -0.4 is 10.6 Å². The number of hydrogen-bond donors (Lipinski definition) is 2. The molecule has 2 aromatic carbocycles. The lowest BCUT2D eigenvalue weighted by atomic mass is 10.0. The maximum absolute atomic E-state index is 12.3. The molecular formula is C21H26N2O2. The molecular weight excluding hydrogens is 312 g/mol. The van der Waals surface area contributed by atoms with Crippen molar-refractivity contribution in [3.8, 4) is 0 Å². The Morgan fingerprint density at radius 3 is 1.84 bits per heavy atom. The molecule has 0 saturated heterocycles. The summed E-state index contributed by atoms with van der Waals surface area (Å²) in [5, 5.41) is 5.43. The number of carbonyl (C=O) groups is 2. The van der Waals surface area contributed by atoms with Gasteiger partial charge in [0.25, 0.3) is 0 Å². The van der Waals surface area contributed by atoms with Gasteiger partial charge < -0.3 is 10.6 Å². The number of hydrogen-bond acceptors (Lipinski definition) is 2. The molecule has 0 atom stereocenters. The number of carbonyl (C=O) groups excluding carboxylic acids is 2. The van der Waals surface area contributed by atoms with Crippen LogP contribution in [0.15, 0.2) is 42.5 Å². The molecule has 132 valence electrons. The Kier molecular flexibility index (Phi) is 6.34. The van der Waals surface area contributed by atoms with Crippen LogP contribution in [0.25, 0.3) is 0 Å². The van der Waals surface area contributed by atoms with E-state index in [1.54, 1.807) is 0 Å². The van der Waals surface area contributed by atoms with Gasteiger partial charge in [-0.15, -0.1) is 0 Å². The predicted octanol–water partition coefficient (Wildman–Crippen LogP) is 4.51. The van der Waals surface area contributed by atoms with Crippen LogP contribution >= 0.6 is 0 Å². The summed E-state index contributed by atoms with van der Waals surface area (Å²) in [6.07, 6.45) is 1.59. The summed E-state index contributed by atoms with van der Waals surface area (Å²) >= 11 is 0. The highest BCUT2D eigenvalue weighted by molar-refractivity contribution is 6.43. The van der Waals surface area contributed by atoms with Gasteiger partial charge >= 0.3 is 11.8 Å². The number of anilines is 2. The quantitative estimate of drug-likeness (QED) is 0.788. The van der Waals surface area contributed by atoms with E-state index in [1.807, 2.05) is 56.3 Å². The number of nitrogens with one attached hydrogen (secondary N) is 2. The Morgan fingerprint density at radius 1 is 0.840 bits per heavy atom. The molecule has 2 N–H and O–H groups in total. The third-order valence-electron chi connectivity index (χ3n) is 4.28. The number of amides is 2. The maximum Gasteiger partial charge on any atom is 0.314 e. The summed E-state index contributed by atoms with van der Waals surface area (Å²) in [5.41, 5.74) is 4.61. The monoisotopic (exact) mass is 338 g/mol. The highest BCUT2D eigenvalue weighted by Gasteiger charge is 2.17. The van der Waals surface area contributed by atoms with E-state index in [0.717, 1.165) is 29.7 Å². The summed E-state index contributed by atoms with van der Waals surface area (Å²) in [6.45, 7) is 8.27. The maximum atomic E-state index is 12.3. The molecule has 0 fully saturated rings. The lowest BCUT2D eigenvalue weighted by Gasteiger charge is -2.14. The molecule has 0 bridgehead atoms.